The summed E-state index contributed by atoms with van der Waals surface area (Å²) in [5.41, 5.74) is 8.05. The molecular formula is C97H104Cl3F6N21O6. The predicted octanol–water partition coefficient (Wildman–Crippen LogP) is 14.9. The van der Waals surface area contributed by atoms with E-state index < -0.39 is 70.8 Å². The van der Waals surface area contributed by atoms with Crippen LogP contribution in [0.3, 0.4) is 0 Å². The summed E-state index contributed by atoms with van der Waals surface area (Å²) in [5, 5.41) is 4.79. The zero-order valence-corrected chi connectivity index (χ0v) is 77.2. The van der Waals surface area contributed by atoms with Gasteiger partial charge in [0.2, 0.25) is 19.6 Å². The Morgan fingerprint density at radius 1 is 0.496 bits per heavy atom. The minimum absolute atomic E-state index is 0.0294. The van der Waals surface area contributed by atoms with Crippen molar-refractivity contribution in [3.8, 4) is 18.0 Å². The molecule has 1 spiro atoms. The molecule has 18 rings (SSSR count). The highest BCUT2D eigenvalue weighted by atomic mass is 35.5. The molecule has 1 saturated carbocycles. The molecule has 9 aliphatic rings. The second kappa shape index (κ2) is 40.4. The number of ether oxygens (including phenoxy) is 3. The van der Waals surface area contributed by atoms with E-state index in [0.29, 0.717) is 156 Å². The Bertz CT molecular complexity index is 6150. The number of likely N-dealkylation sites (tertiary alicyclic amines) is 2. The van der Waals surface area contributed by atoms with Crippen LogP contribution in [-0.2, 0) is 53.3 Å². The van der Waals surface area contributed by atoms with Crippen LogP contribution in [0.2, 0.25) is 15.1 Å². The van der Waals surface area contributed by atoms with Crippen molar-refractivity contribution in [3.63, 3.8) is 0 Å². The van der Waals surface area contributed by atoms with E-state index in [1.54, 1.807) is 18.2 Å². The lowest BCUT2D eigenvalue weighted by atomic mass is 9.62. The number of fused-ring (bicyclic) bond motifs is 6. The molecule has 11 heterocycles. The first-order chi connectivity index (χ1) is 64.0. The zero-order chi connectivity index (χ0) is 94.0. The number of halogens is 9. The molecule has 5 saturated heterocycles. The van der Waals surface area contributed by atoms with Crippen LogP contribution in [0.15, 0.2) is 128 Å². The van der Waals surface area contributed by atoms with Crippen molar-refractivity contribution in [2.75, 3.05) is 188 Å². The normalized spacial score (nSPS) is 19.5. The van der Waals surface area contributed by atoms with E-state index in [9.17, 15) is 40.7 Å². The predicted molar refractivity (Wildman–Crippen MR) is 503 cm³/mol. The van der Waals surface area contributed by atoms with Crippen LogP contribution in [0, 0.1) is 42.6 Å². The van der Waals surface area contributed by atoms with Gasteiger partial charge >= 0.3 is 18.0 Å². The Balaban J connectivity index is 0.000000145. The Morgan fingerprint density at radius 2 is 0.857 bits per heavy atom. The minimum atomic E-state index is -1.04. The molecule has 0 N–H and O–H groups in total. The summed E-state index contributed by atoms with van der Waals surface area (Å²) >= 11 is 19.4. The van der Waals surface area contributed by atoms with E-state index in [2.05, 4.69) is 101 Å². The van der Waals surface area contributed by atoms with Crippen molar-refractivity contribution >= 4 is 119 Å². The molecule has 9 aromatic rings. The highest BCUT2D eigenvalue weighted by molar-refractivity contribution is 6.38. The number of hydrogen-bond acceptors (Lipinski definition) is 21. The van der Waals surface area contributed by atoms with Gasteiger partial charge in [0.1, 0.15) is 71.8 Å². The van der Waals surface area contributed by atoms with Crippen LogP contribution in [0.25, 0.3) is 46.9 Å². The third kappa shape index (κ3) is 20.0. The average molecular weight is 1880 g/mol. The van der Waals surface area contributed by atoms with Crippen LogP contribution >= 0.6 is 34.8 Å². The fourth-order valence-corrected chi connectivity index (χ4v) is 20.8. The summed E-state index contributed by atoms with van der Waals surface area (Å²) in [7, 11) is 4.13. The topological polar surface area (TPSA) is 208 Å². The lowest BCUT2D eigenvalue weighted by Gasteiger charge is -2.57. The van der Waals surface area contributed by atoms with Crippen molar-refractivity contribution in [2.24, 2.45) is 5.41 Å². The Labute approximate surface area is 784 Å². The summed E-state index contributed by atoms with van der Waals surface area (Å²) in [6.45, 7) is 50.2. The van der Waals surface area contributed by atoms with E-state index in [-0.39, 0.29) is 78.6 Å². The van der Waals surface area contributed by atoms with Gasteiger partial charge in [-0.1, -0.05) is 116 Å². The molecule has 3 amide bonds. The van der Waals surface area contributed by atoms with E-state index >= 15 is 0 Å². The first kappa shape index (κ1) is 94.2. The average Bonchev–Trinajstić information content (AvgIpc) is 1.54. The quantitative estimate of drug-likeness (QED) is 0.0351. The van der Waals surface area contributed by atoms with Gasteiger partial charge in [-0.15, -0.1) is 0 Å². The number of aromatic nitrogens is 6. The number of piperazine rings is 3. The Morgan fingerprint density at radius 3 is 1.20 bits per heavy atom. The molecule has 6 fully saturated rings. The summed E-state index contributed by atoms with van der Waals surface area (Å²) in [4.78, 5) is 101. The Hall–Kier alpha value is -12.0. The fraction of sp³-hybridized carbons (Fsp3) is 0.443. The van der Waals surface area contributed by atoms with Crippen LogP contribution < -0.4 is 43.6 Å². The summed E-state index contributed by atoms with van der Waals surface area (Å²) < 4.78 is 104. The molecule has 1 unspecified atom stereocenters. The number of nitrogens with zero attached hydrogens (tertiary/aromatic N) is 21. The summed E-state index contributed by atoms with van der Waals surface area (Å²) in [5.74, 6) is -4.75. The molecular weight excluding hydrogens is 1780 g/mol. The number of benzene rings is 6. The van der Waals surface area contributed by atoms with Crippen molar-refractivity contribution in [1.82, 2.24) is 59.3 Å². The molecule has 6 aromatic carbocycles. The number of carbonyl (C=O) groups excluding carboxylic acids is 3. The van der Waals surface area contributed by atoms with Gasteiger partial charge in [0.15, 0.2) is 17.5 Å². The van der Waals surface area contributed by atoms with Gasteiger partial charge < -0.3 is 82.6 Å². The van der Waals surface area contributed by atoms with E-state index in [1.165, 1.54) is 32.9 Å². The van der Waals surface area contributed by atoms with Gasteiger partial charge in [0, 0.05) is 173 Å². The van der Waals surface area contributed by atoms with Gasteiger partial charge in [-0.2, -0.15) is 29.9 Å². The maximum atomic E-state index is 14.6. The maximum absolute atomic E-state index is 14.6. The van der Waals surface area contributed by atoms with Crippen LogP contribution in [0.5, 0.6) is 18.0 Å². The van der Waals surface area contributed by atoms with Crippen LogP contribution in [0.4, 0.5) is 60.9 Å². The third-order valence-corrected chi connectivity index (χ3v) is 27.9. The molecule has 3 aromatic heterocycles. The molecule has 133 heavy (non-hydrogen) atoms. The number of rotatable bonds is 22. The van der Waals surface area contributed by atoms with Crippen molar-refractivity contribution in [3.05, 3.63) is 229 Å². The SMILES string of the molecule is [C-]#[N+]C[C@H]1CN(c2nc(OC3CC4(C3)CN(C)C4)nc3c2CCN(c2cccc4ccc(F)c(Cl)c24)C3)CCN1C(=O)C(=C)F.[C-]#[N+]C[C@H]1CN(c2nc(OC3CCN(C(C)C)C3)nc3c2CCN(c2cccc4ccc(F)c(Cl)c24)C3)CCN1C(=O)C(=C)F.[C-]#[N+]C[C@H]1CN(c2nc(OCCN(C)CC)nc3c2CCN(c2cccc4ccc(F)c(Cl)c24)C3)CCN1C(=O)C(=C)F. The van der Waals surface area contributed by atoms with Gasteiger partial charge in [-0.05, 0) is 126 Å². The van der Waals surface area contributed by atoms with Crippen molar-refractivity contribution in [2.45, 2.75) is 115 Å². The molecule has 36 heteroatoms. The number of amides is 3. The number of anilines is 6. The lowest BCUT2D eigenvalue weighted by molar-refractivity contribution is -0.131. The van der Waals surface area contributed by atoms with E-state index in [0.717, 1.165) is 125 Å². The highest BCUT2D eigenvalue weighted by Gasteiger charge is 2.53. The maximum Gasteiger partial charge on any atom is 0.318 e. The van der Waals surface area contributed by atoms with Gasteiger partial charge in [-0.3, -0.25) is 19.3 Å². The molecule has 8 aliphatic heterocycles. The molecule has 0 radical (unpaired) electrons. The smallest absolute Gasteiger partial charge is 0.318 e. The first-order valence-corrected chi connectivity index (χ1v) is 46.0. The number of carbonyl (C=O) groups is 3. The van der Waals surface area contributed by atoms with E-state index in [1.807, 2.05) is 66.5 Å². The standard InChI is InChI=1S/C33H34ClF2N7O2.C33H36ClF2N7O2.C31H34ClF2N7O2/c1-20(35)31(44)43-12-11-42(16-22(43)15-37-2)30-24-9-10-41(27-6-4-5-21-7-8-25(36)29(34)28(21)27)17-26(24)38-32(39-30)45-23-13-33(14-23)18-40(3)19-33;1-20(2)40-12-10-24(18-40)45-33-38-27-19-41(28-7-5-6-22-8-9-26(36)30(34)29(22)28)13-11-25(27)31(39-33)42-14-15-43(32(44)21(3)35)23(17-42)16-37-4;1-5-38(4)15-16-43-31-36-25-19-39(26-8-6-7-21-9-10-24(34)28(32)27(21)26)12-11-23(25)29(37-31)40-13-14-41(30(42)20(2)33)22(18-40)17-35-3/h4-8,22-23H,1,9-19H2,3H3;5-9,20,23-24H,3,10-19H2,1-2H3;6-10,22H,2,5,11-19H2,1,4H3/t22-;23-,24?;22-/m000/s1. The second-order valence-electron chi connectivity index (χ2n) is 35.7. The van der Waals surface area contributed by atoms with Crippen LogP contribution in [-0.4, -0.2) is 272 Å². The molecule has 4 atom stereocenters. The van der Waals surface area contributed by atoms with Gasteiger partial charge in [0.25, 0.3) is 17.7 Å². The second-order valence-corrected chi connectivity index (χ2v) is 36.8. The number of hydrogen-bond donors (Lipinski definition) is 0. The Kier molecular flexibility index (Phi) is 28.6. The minimum Gasteiger partial charge on any atom is -0.462 e. The zero-order valence-electron chi connectivity index (χ0n) is 74.9. The third-order valence-electron chi connectivity index (χ3n) is 26.8. The lowest BCUT2D eigenvalue weighted by Crippen LogP contribution is -2.63. The van der Waals surface area contributed by atoms with E-state index in [4.69, 9.17) is 98.6 Å². The van der Waals surface area contributed by atoms with Crippen molar-refractivity contribution in [1.29, 1.82) is 0 Å². The molecule has 0 bridgehead atoms. The first-order valence-electron chi connectivity index (χ1n) is 44.8. The highest BCUT2D eigenvalue weighted by Crippen LogP contribution is 2.50. The largest absolute Gasteiger partial charge is 0.462 e. The fourth-order valence-electron chi connectivity index (χ4n) is 20.0. The summed E-state index contributed by atoms with van der Waals surface area (Å²) in [6, 6.07) is 26.4. The molecule has 696 valence electrons. The van der Waals surface area contributed by atoms with Gasteiger partial charge in [-0.25, -0.2) is 46.1 Å². The number of likely N-dealkylation sites (N-methyl/N-ethyl adjacent to an activating group) is 1. The van der Waals surface area contributed by atoms with Crippen molar-refractivity contribution < 1.29 is 54.9 Å². The monoisotopic (exact) mass is 1880 g/mol. The summed E-state index contributed by atoms with van der Waals surface area (Å²) in [6.07, 6.45) is 4.57. The molecule has 27 nitrogen and oxygen atoms in total. The molecule has 1 aliphatic carbocycles. The van der Waals surface area contributed by atoms with Crippen LogP contribution in [0.1, 0.15) is 73.8 Å². The van der Waals surface area contributed by atoms with Gasteiger partial charge in [0.05, 0.1) is 51.8 Å².